The van der Waals surface area contributed by atoms with Gasteiger partial charge < -0.3 is 14.6 Å². The molecule has 1 aliphatic carbocycles. The van der Waals surface area contributed by atoms with Crippen molar-refractivity contribution in [2.75, 3.05) is 13.7 Å². The van der Waals surface area contributed by atoms with Crippen molar-refractivity contribution in [1.29, 1.82) is 0 Å². The van der Waals surface area contributed by atoms with Crippen LogP contribution >= 0.6 is 0 Å². The predicted molar refractivity (Wildman–Crippen MR) is 74.5 cm³/mol. The third-order valence-corrected chi connectivity index (χ3v) is 3.41. The van der Waals surface area contributed by atoms with E-state index in [1.807, 2.05) is 24.3 Å². The summed E-state index contributed by atoms with van der Waals surface area (Å²) in [7, 11) is 1.66. The molecular weight excluding hydrogens is 254 g/mol. The van der Waals surface area contributed by atoms with Gasteiger partial charge in [0.25, 0.3) is 0 Å². The third kappa shape index (κ3) is 3.57. The lowest BCUT2D eigenvalue weighted by molar-refractivity contribution is 0.362. The number of aromatic nitrogens is 2. The maximum atomic E-state index is 5.24. The molecule has 5 nitrogen and oxygen atoms in total. The van der Waals surface area contributed by atoms with Crippen LogP contribution in [-0.2, 0) is 13.0 Å². The van der Waals surface area contributed by atoms with Crippen LogP contribution in [0.1, 0.15) is 30.1 Å². The van der Waals surface area contributed by atoms with Crippen molar-refractivity contribution < 1.29 is 9.26 Å². The van der Waals surface area contributed by atoms with Gasteiger partial charge in [-0.2, -0.15) is 4.98 Å². The Bertz CT molecular complexity index is 564. The molecule has 0 radical (unpaired) electrons. The summed E-state index contributed by atoms with van der Waals surface area (Å²) in [5.41, 5.74) is 1.11. The lowest BCUT2D eigenvalue weighted by Gasteiger charge is -2.01. The number of nitrogens with zero attached hydrogens (tertiary/aromatic N) is 2. The molecule has 1 saturated carbocycles. The molecule has 0 aliphatic heterocycles. The van der Waals surface area contributed by atoms with Gasteiger partial charge in [0, 0.05) is 6.42 Å². The van der Waals surface area contributed by atoms with Gasteiger partial charge in [-0.25, -0.2) is 0 Å². The van der Waals surface area contributed by atoms with Crippen LogP contribution in [0.2, 0.25) is 0 Å². The van der Waals surface area contributed by atoms with Gasteiger partial charge in [-0.05, 0) is 43.0 Å². The zero-order chi connectivity index (χ0) is 13.8. The van der Waals surface area contributed by atoms with E-state index in [-0.39, 0.29) is 0 Å². The van der Waals surface area contributed by atoms with E-state index in [1.54, 1.807) is 7.11 Å². The smallest absolute Gasteiger partial charge is 0.240 e. The summed E-state index contributed by atoms with van der Waals surface area (Å²) in [4.78, 5) is 4.40. The van der Waals surface area contributed by atoms with Crippen molar-refractivity contribution in [1.82, 2.24) is 15.5 Å². The first-order valence-electron chi connectivity index (χ1n) is 6.98. The Morgan fingerprint density at radius 3 is 3.10 bits per heavy atom. The third-order valence-electron chi connectivity index (χ3n) is 3.41. The van der Waals surface area contributed by atoms with Gasteiger partial charge >= 0.3 is 0 Å². The number of nitrogens with one attached hydrogen (secondary N) is 1. The number of hydrogen-bond acceptors (Lipinski definition) is 5. The van der Waals surface area contributed by atoms with Crippen LogP contribution in [0.25, 0.3) is 0 Å². The van der Waals surface area contributed by atoms with Gasteiger partial charge in [0.1, 0.15) is 5.75 Å². The molecule has 3 rings (SSSR count). The molecule has 1 aromatic carbocycles. The largest absolute Gasteiger partial charge is 0.497 e. The summed E-state index contributed by atoms with van der Waals surface area (Å²) in [5, 5.41) is 7.36. The topological polar surface area (TPSA) is 60.2 Å². The summed E-state index contributed by atoms with van der Waals surface area (Å²) in [6.07, 6.45) is 3.35. The molecule has 1 N–H and O–H groups in total. The molecule has 1 aliphatic rings. The molecule has 0 atom stereocenters. The summed E-state index contributed by atoms with van der Waals surface area (Å²) >= 11 is 0. The number of rotatable bonds is 7. The molecule has 20 heavy (non-hydrogen) atoms. The number of benzene rings is 1. The van der Waals surface area contributed by atoms with Gasteiger partial charge in [0.05, 0.1) is 13.7 Å². The molecule has 0 unspecified atom stereocenters. The maximum Gasteiger partial charge on any atom is 0.240 e. The van der Waals surface area contributed by atoms with Gasteiger partial charge in [-0.1, -0.05) is 17.3 Å². The minimum absolute atomic E-state index is 0.654. The highest BCUT2D eigenvalue weighted by Crippen LogP contribution is 2.27. The molecule has 0 saturated heterocycles. The summed E-state index contributed by atoms with van der Waals surface area (Å²) < 4.78 is 10.4. The minimum atomic E-state index is 0.654. The van der Waals surface area contributed by atoms with Gasteiger partial charge in [0.2, 0.25) is 5.89 Å². The zero-order valence-corrected chi connectivity index (χ0v) is 11.6. The quantitative estimate of drug-likeness (QED) is 0.837. The van der Waals surface area contributed by atoms with Crippen molar-refractivity contribution in [2.24, 2.45) is 5.92 Å². The van der Waals surface area contributed by atoms with Crippen LogP contribution in [0.15, 0.2) is 28.8 Å². The summed E-state index contributed by atoms with van der Waals surface area (Å²) in [5.74, 6) is 3.07. The van der Waals surface area contributed by atoms with Crippen LogP contribution < -0.4 is 10.1 Å². The molecule has 1 heterocycles. The minimum Gasteiger partial charge on any atom is -0.497 e. The number of methoxy groups -OCH3 is 1. The Morgan fingerprint density at radius 1 is 1.40 bits per heavy atom. The van der Waals surface area contributed by atoms with Crippen LogP contribution in [0, 0.1) is 5.92 Å². The van der Waals surface area contributed by atoms with E-state index in [0.29, 0.717) is 24.7 Å². The first-order chi connectivity index (χ1) is 9.83. The van der Waals surface area contributed by atoms with Crippen molar-refractivity contribution >= 4 is 0 Å². The molecule has 1 fully saturated rings. The number of ether oxygens (including phenoxy) is 1. The van der Waals surface area contributed by atoms with Gasteiger partial charge in [0.15, 0.2) is 5.82 Å². The molecule has 5 heteroatoms. The monoisotopic (exact) mass is 273 g/mol. The van der Waals surface area contributed by atoms with Crippen LogP contribution in [-0.4, -0.2) is 23.8 Å². The zero-order valence-electron chi connectivity index (χ0n) is 11.6. The van der Waals surface area contributed by atoms with Crippen molar-refractivity contribution in [3.63, 3.8) is 0 Å². The Kier molecular flexibility index (Phi) is 3.97. The molecule has 0 amide bonds. The van der Waals surface area contributed by atoms with E-state index in [0.717, 1.165) is 23.8 Å². The fourth-order valence-corrected chi connectivity index (χ4v) is 2.10. The second kappa shape index (κ2) is 6.05. The first kappa shape index (κ1) is 13.1. The highest BCUT2D eigenvalue weighted by molar-refractivity contribution is 5.30. The van der Waals surface area contributed by atoms with Crippen LogP contribution in [0.5, 0.6) is 5.75 Å². The fourth-order valence-electron chi connectivity index (χ4n) is 2.10. The van der Waals surface area contributed by atoms with Crippen molar-refractivity contribution in [3.8, 4) is 5.75 Å². The lowest BCUT2D eigenvalue weighted by Crippen LogP contribution is -2.16. The average Bonchev–Trinajstić information content (AvgIpc) is 3.19. The molecule has 1 aromatic heterocycles. The molecule has 106 valence electrons. The van der Waals surface area contributed by atoms with E-state index >= 15 is 0 Å². The Hall–Kier alpha value is -1.88. The van der Waals surface area contributed by atoms with Gasteiger partial charge in [-0.15, -0.1) is 0 Å². The Labute approximate surface area is 118 Å². The predicted octanol–water partition coefficient (Wildman–Crippen LogP) is 2.17. The first-order valence-corrected chi connectivity index (χ1v) is 6.98. The molecule has 0 spiro atoms. The Morgan fingerprint density at radius 2 is 2.30 bits per heavy atom. The van der Waals surface area contributed by atoms with E-state index in [9.17, 15) is 0 Å². The van der Waals surface area contributed by atoms with Crippen molar-refractivity contribution in [2.45, 2.75) is 25.8 Å². The summed E-state index contributed by atoms with van der Waals surface area (Å²) in [6, 6.07) is 7.91. The standard InChI is InChI=1S/C15H19N3O2/c1-19-13-4-2-3-12(7-13)8-14-17-15(20-18-14)10-16-9-11-5-6-11/h2-4,7,11,16H,5-6,8-10H2,1H3. The average molecular weight is 273 g/mol. The van der Waals surface area contributed by atoms with Gasteiger partial charge in [-0.3, -0.25) is 0 Å². The molecule has 2 aromatic rings. The van der Waals surface area contributed by atoms with E-state index in [1.165, 1.54) is 12.8 Å². The second-order valence-corrected chi connectivity index (χ2v) is 5.21. The molecule has 0 bridgehead atoms. The summed E-state index contributed by atoms with van der Waals surface area (Å²) in [6.45, 7) is 1.70. The van der Waals surface area contributed by atoms with Crippen molar-refractivity contribution in [3.05, 3.63) is 41.5 Å². The maximum absolute atomic E-state index is 5.24. The highest BCUT2D eigenvalue weighted by atomic mass is 16.5. The highest BCUT2D eigenvalue weighted by Gasteiger charge is 2.20. The lowest BCUT2D eigenvalue weighted by atomic mass is 10.1. The van der Waals surface area contributed by atoms with Crippen LogP contribution in [0.3, 0.4) is 0 Å². The number of hydrogen-bond donors (Lipinski definition) is 1. The Balaban J connectivity index is 1.55. The molecular formula is C15H19N3O2. The van der Waals surface area contributed by atoms with E-state index in [2.05, 4.69) is 15.5 Å². The fraction of sp³-hybridized carbons (Fsp3) is 0.467. The van der Waals surface area contributed by atoms with Crippen LogP contribution in [0.4, 0.5) is 0 Å². The SMILES string of the molecule is COc1cccc(Cc2noc(CNCC3CC3)n2)c1. The second-order valence-electron chi connectivity index (χ2n) is 5.21. The van der Waals surface area contributed by atoms with E-state index < -0.39 is 0 Å². The normalized spacial score (nSPS) is 14.4. The van der Waals surface area contributed by atoms with E-state index in [4.69, 9.17) is 9.26 Å².